The number of benzene rings is 1. The van der Waals surface area contributed by atoms with Crippen LogP contribution in [0.4, 0.5) is 4.79 Å². The number of amides is 2. The first-order valence-electron chi connectivity index (χ1n) is 11.8. The minimum atomic E-state index is -2.68. The van der Waals surface area contributed by atoms with Crippen molar-refractivity contribution < 1.29 is 22.7 Å². The van der Waals surface area contributed by atoms with Crippen molar-refractivity contribution in [1.29, 1.82) is 0 Å². The van der Waals surface area contributed by atoms with Crippen LogP contribution < -0.4 is 15.4 Å². The molecule has 1 heterocycles. The Hall–Kier alpha value is -3.02. The van der Waals surface area contributed by atoms with E-state index in [1.807, 2.05) is 53.9 Å². The first-order chi connectivity index (χ1) is 17.4. The second kappa shape index (κ2) is 12.3. The van der Waals surface area contributed by atoms with E-state index in [2.05, 4.69) is 15.4 Å². The molecule has 36 heavy (non-hydrogen) atoms. The summed E-state index contributed by atoms with van der Waals surface area (Å²) in [5.74, 6) is 0.167. The predicted octanol–water partition coefficient (Wildman–Crippen LogP) is 2.91. The Labute approximate surface area is 216 Å². The summed E-state index contributed by atoms with van der Waals surface area (Å²) in [4.78, 5) is 30.2. The van der Waals surface area contributed by atoms with Crippen LogP contribution in [0, 0.1) is 0 Å². The fraction of sp³-hybridized carbons (Fsp3) is 0.400. The number of allylic oxidation sites excluding steroid dienone is 1. The molecular formula is C25H30N4O5S2. The fourth-order valence-electron chi connectivity index (χ4n) is 4.02. The van der Waals surface area contributed by atoms with Crippen molar-refractivity contribution in [2.24, 2.45) is 0 Å². The number of rotatable bonds is 11. The zero-order valence-corrected chi connectivity index (χ0v) is 21.6. The monoisotopic (exact) mass is 530 g/mol. The van der Waals surface area contributed by atoms with Gasteiger partial charge in [-0.25, -0.2) is 22.9 Å². The van der Waals surface area contributed by atoms with Crippen molar-refractivity contribution >= 4 is 34.2 Å². The Morgan fingerprint density at radius 1 is 1.17 bits per heavy atom. The summed E-state index contributed by atoms with van der Waals surface area (Å²) in [5.41, 5.74) is 2.66. The molecule has 1 unspecified atom stereocenters. The lowest BCUT2D eigenvalue weighted by atomic mass is 9.96. The highest BCUT2D eigenvalue weighted by atomic mass is 32.2. The van der Waals surface area contributed by atoms with E-state index < -0.39 is 29.1 Å². The molecule has 2 aliphatic carbocycles. The highest BCUT2D eigenvalue weighted by molar-refractivity contribution is 7.70. The summed E-state index contributed by atoms with van der Waals surface area (Å²) in [6.45, 7) is 0. The number of thiol groups is 1. The Kier molecular flexibility index (Phi) is 8.89. The molecule has 11 heteroatoms. The van der Waals surface area contributed by atoms with Gasteiger partial charge in [0.25, 0.3) is 0 Å². The van der Waals surface area contributed by atoms with Gasteiger partial charge >= 0.3 is 6.09 Å². The van der Waals surface area contributed by atoms with Crippen molar-refractivity contribution in [2.75, 3.05) is 7.11 Å². The molecule has 1 aromatic heterocycles. The smallest absolute Gasteiger partial charge is 0.407 e. The predicted molar refractivity (Wildman–Crippen MR) is 138 cm³/mol. The Bertz CT molecular complexity index is 1200. The molecule has 0 aliphatic heterocycles. The molecule has 4 rings (SSSR count). The third-order valence-electron chi connectivity index (χ3n) is 6.10. The summed E-state index contributed by atoms with van der Waals surface area (Å²) < 4.78 is 29.2. The Morgan fingerprint density at radius 3 is 2.58 bits per heavy atom. The summed E-state index contributed by atoms with van der Waals surface area (Å²) >= 11 is 1.60. The van der Waals surface area contributed by atoms with Crippen LogP contribution in [0.2, 0.25) is 0 Å². The SMILES string of the molecule is COC(=O)N[C@@H](Cc1ccccc1)C(=O)N[C@@H](CC1=CCC(N[SH](=O)=O)C=C1)c1csc(C2CC2)n1. The van der Waals surface area contributed by atoms with Crippen molar-refractivity contribution in [3.05, 3.63) is 75.8 Å². The van der Waals surface area contributed by atoms with Gasteiger partial charge in [0.2, 0.25) is 16.8 Å². The van der Waals surface area contributed by atoms with E-state index in [9.17, 15) is 18.0 Å². The molecule has 3 atom stereocenters. The first-order valence-corrected chi connectivity index (χ1v) is 13.9. The summed E-state index contributed by atoms with van der Waals surface area (Å²) in [6.07, 6.45) is 8.57. The maximum Gasteiger partial charge on any atom is 0.407 e. The van der Waals surface area contributed by atoms with Crippen molar-refractivity contribution in [3.8, 4) is 0 Å². The van der Waals surface area contributed by atoms with Gasteiger partial charge in [-0.3, -0.25) is 4.79 Å². The zero-order chi connectivity index (χ0) is 25.5. The highest BCUT2D eigenvalue weighted by Gasteiger charge is 2.30. The van der Waals surface area contributed by atoms with E-state index in [0.717, 1.165) is 34.7 Å². The van der Waals surface area contributed by atoms with Gasteiger partial charge in [-0.05, 0) is 36.8 Å². The summed E-state index contributed by atoms with van der Waals surface area (Å²) in [7, 11) is -1.42. The largest absolute Gasteiger partial charge is 0.453 e. The van der Waals surface area contributed by atoms with Gasteiger partial charge in [0.15, 0.2) is 0 Å². The molecular weight excluding hydrogens is 500 g/mol. The number of carbonyl (C=O) groups is 2. The number of aromatic nitrogens is 1. The van der Waals surface area contributed by atoms with Gasteiger partial charge in [0.1, 0.15) is 6.04 Å². The number of nitrogens with one attached hydrogen (secondary N) is 3. The van der Waals surface area contributed by atoms with Gasteiger partial charge in [-0.15, -0.1) is 11.3 Å². The second-order valence-electron chi connectivity index (χ2n) is 8.89. The fourth-order valence-corrected chi connectivity index (χ4v) is 5.53. The standard InChI is InChI=1S/C25H30N4O5S2/c1-34-25(31)28-21(14-16-5-3-2-4-6-16)23(30)26-20(22-15-35-24(27-22)18-9-10-18)13-17-7-11-19(12-8-17)29-36(32)33/h2-8,11,15,18-21,36H,9-10,12-14H2,1H3,(H,26,30)(H,28,31)(H,29,32,33)/t19?,20-,21-/m0/s1. The molecule has 3 N–H and O–H groups in total. The summed E-state index contributed by atoms with van der Waals surface area (Å²) in [6, 6.07) is 7.94. The minimum Gasteiger partial charge on any atom is -0.453 e. The Morgan fingerprint density at radius 2 is 1.94 bits per heavy atom. The van der Waals surface area contributed by atoms with Gasteiger partial charge < -0.3 is 15.4 Å². The van der Waals surface area contributed by atoms with Gasteiger partial charge in [-0.2, -0.15) is 0 Å². The lowest BCUT2D eigenvalue weighted by molar-refractivity contribution is -0.123. The highest BCUT2D eigenvalue weighted by Crippen LogP contribution is 2.42. The minimum absolute atomic E-state index is 0.275. The van der Waals surface area contributed by atoms with E-state index >= 15 is 0 Å². The number of carbonyl (C=O) groups excluding carboxylic acids is 2. The van der Waals surface area contributed by atoms with Crippen LogP contribution in [0.15, 0.2) is 59.5 Å². The number of methoxy groups -OCH3 is 1. The summed E-state index contributed by atoms with van der Waals surface area (Å²) in [5, 5.41) is 8.80. The van der Waals surface area contributed by atoms with Gasteiger partial charge in [0.05, 0.1) is 23.9 Å². The molecule has 0 radical (unpaired) electrons. The molecule has 1 aromatic carbocycles. The van der Waals surface area contributed by atoms with Crippen LogP contribution in [0.5, 0.6) is 0 Å². The van der Waals surface area contributed by atoms with E-state index in [4.69, 9.17) is 9.72 Å². The molecule has 1 saturated carbocycles. The van der Waals surface area contributed by atoms with E-state index in [0.29, 0.717) is 25.2 Å². The van der Waals surface area contributed by atoms with Crippen LogP contribution in [-0.2, 0) is 26.8 Å². The number of hydrogen-bond acceptors (Lipinski definition) is 7. The number of ether oxygens (including phenoxy) is 1. The average molecular weight is 531 g/mol. The molecule has 0 bridgehead atoms. The van der Waals surface area contributed by atoms with Crippen LogP contribution in [0.3, 0.4) is 0 Å². The van der Waals surface area contributed by atoms with E-state index in [1.54, 1.807) is 11.3 Å². The van der Waals surface area contributed by atoms with Crippen LogP contribution in [0.25, 0.3) is 0 Å². The topological polar surface area (TPSA) is 126 Å². The quantitative estimate of drug-likeness (QED) is 0.331. The van der Waals surface area contributed by atoms with E-state index in [-0.39, 0.29) is 11.9 Å². The molecule has 1 fully saturated rings. The maximum atomic E-state index is 13.4. The second-order valence-corrected chi connectivity index (χ2v) is 10.6. The van der Waals surface area contributed by atoms with Crippen molar-refractivity contribution in [2.45, 2.75) is 56.1 Å². The molecule has 9 nitrogen and oxygen atoms in total. The lowest BCUT2D eigenvalue weighted by Crippen LogP contribution is -2.49. The van der Waals surface area contributed by atoms with Crippen LogP contribution in [-0.4, -0.2) is 44.6 Å². The average Bonchev–Trinajstić information content (AvgIpc) is 3.61. The third-order valence-corrected chi connectivity index (χ3v) is 7.67. The number of nitrogens with zero attached hydrogens (tertiary/aromatic N) is 1. The molecule has 0 spiro atoms. The number of thiazole rings is 1. The maximum absolute atomic E-state index is 13.4. The molecule has 2 aromatic rings. The number of alkyl carbamates (subject to hydrolysis) is 1. The van der Waals surface area contributed by atoms with Crippen LogP contribution in [0.1, 0.15) is 53.9 Å². The van der Waals surface area contributed by atoms with Gasteiger partial charge in [0, 0.05) is 23.8 Å². The zero-order valence-electron chi connectivity index (χ0n) is 19.9. The molecule has 0 saturated heterocycles. The molecule has 192 valence electrons. The lowest BCUT2D eigenvalue weighted by Gasteiger charge is -2.24. The van der Waals surface area contributed by atoms with E-state index in [1.165, 1.54) is 7.11 Å². The third kappa shape index (κ3) is 7.49. The van der Waals surface area contributed by atoms with Crippen molar-refractivity contribution in [1.82, 2.24) is 20.3 Å². The van der Waals surface area contributed by atoms with Gasteiger partial charge in [-0.1, -0.05) is 48.6 Å². The van der Waals surface area contributed by atoms with Crippen molar-refractivity contribution in [3.63, 3.8) is 0 Å². The Balaban J connectivity index is 1.51. The normalized spacial score (nSPS) is 18.8. The molecule has 2 amide bonds. The molecule has 2 aliphatic rings. The first kappa shape index (κ1) is 26.1. The number of hydrogen-bond donors (Lipinski definition) is 4. The van der Waals surface area contributed by atoms with Crippen LogP contribution >= 0.6 is 11.3 Å².